The average Bonchev–Trinajstić information content (AvgIpc) is 2.63. The van der Waals surface area contributed by atoms with E-state index < -0.39 is 0 Å². The highest BCUT2D eigenvalue weighted by atomic mass is 79.9. The summed E-state index contributed by atoms with van der Waals surface area (Å²) in [6.45, 7) is 2.18. The summed E-state index contributed by atoms with van der Waals surface area (Å²) < 4.78 is 1.44. The van der Waals surface area contributed by atoms with Crippen molar-refractivity contribution in [3.05, 3.63) is 28.6 Å². The third-order valence-electron chi connectivity index (χ3n) is 2.33. The SMILES string of the molecule is CSc1csc2c(C)ccc(CBr)c12. The normalized spacial score (nSPS) is 11.1. The summed E-state index contributed by atoms with van der Waals surface area (Å²) in [5.74, 6) is 0. The van der Waals surface area contributed by atoms with E-state index in [9.17, 15) is 0 Å². The van der Waals surface area contributed by atoms with Gasteiger partial charge >= 0.3 is 0 Å². The van der Waals surface area contributed by atoms with Gasteiger partial charge in [-0.1, -0.05) is 28.1 Å². The molecule has 0 saturated carbocycles. The van der Waals surface area contributed by atoms with E-state index in [4.69, 9.17) is 0 Å². The fourth-order valence-electron chi connectivity index (χ4n) is 1.58. The van der Waals surface area contributed by atoms with Crippen molar-refractivity contribution in [3.63, 3.8) is 0 Å². The van der Waals surface area contributed by atoms with Crippen molar-refractivity contribution in [2.45, 2.75) is 17.1 Å². The Balaban J connectivity index is 2.82. The maximum atomic E-state index is 3.55. The second-order valence-electron chi connectivity index (χ2n) is 3.18. The Hall–Kier alpha value is 0.01000. The van der Waals surface area contributed by atoms with Gasteiger partial charge in [0.25, 0.3) is 0 Å². The largest absolute Gasteiger partial charge is 0.142 e. The Morgan fingerprint density at radius 3 is 2.86 bits per heavy atom. The van der Waals surface area contributed by atoms with Crippen LogP contribution in [0.5, 0.6) is 0 Å². The highest BCUT2D eigenvalue weighted by Crippen LogP contribution is 2.37. The van der Waals surface area contributed by atoms with Gasteiger partial charge in [-0.25, -0.2) is 0 Å². The molecule has 0 spiro atoms. The standard InChI is InChI=1S/C11H11BrS2/c1-7-3-4-8(5-12)10-9(13-2)6-14-11(7)10/h3-4,6H,5H2,1-2H3. The number of halogens is 1. The van der Waals surface area contributed by atoms with Gasteiger partial charge in [0.1, 0.15) is 0 Å². The van der Waals surface area contributed by atoms with Crippen LogP contribution in [0.2, 0.25) is 0 Å². The van der Waals surface area contributed by atoms with Crippen LogP contribution in [0.25, 0.3) is 10.1 Å². The summed E-state index contributed by atoms with van der Waals surface area (Å²) in [5, 5.41) is 4.64. The summed E-state index contributed by atoms with van der Waals surface area (Å²) in [6.07, 6.45) is 2.14. The van der Waals surface area contributed by atoms with E-state index in [1.165, 1.54) is 26.1 Å². The number of thioether (sulfide) groups is 1. The molecule has 0 aliphatic heterocycles. The molecule has 1 aromatic carbocycles. The van der Waals surface area contributed by atoms with Crippen molar-refractivity contribution in [1.82, 2.24) is 0 Å². The topological polar surface area (TPSA) is 0 Å². The Morgan fingerprint density at radius 2 is 2.21 bits per heavy atom. The van der Waals surface area contributed by atoms with Gasteiger partial charge in [-0.05, 0) is 24.3 Å². The molecule has 0 N–H and O–H groups in total. The van der Waals surface area contributed by atoms with Gasteiger partial charge in [-0.3, -0.25) is 0 Å². The first kappa shape index (κ1) is 10.5. The summed E-state index contributed by atoms with van der Waals surface area (Å²) in [5.41, 5.74) is 2.78. The van der Waals surface area contributed by atoms with Crippen LogP contribution in [0.3, 0.4) is 0 Å². The van der Waals surface area contributed by atoms with E-state index in [-0.39, 0.29) is 0 Å². The molecule has 0 radical (unpaired) electrons. The van der Waals surface area contributed by atoms with E-state index in [0.29, 0.717) is 0 Å². The van der Waals surface area contributed by atoms with Gasteiger partial charge in [-0.2, -0.15) is 0 Å². The van der Waals surface area contributed by atoms with Crippen LogP contribution in [-0.4, -0.2) is 6.26 Å². The fourth-order valence-corrected chi connectivity index (χ4v) is 4.04. The van der Waals surface area contributed by atoms with Gasteiger partial charge in [0.05, 0.1) is 0 Å². The molecule has 0 aliphatic rings. The minimum absolute atomic E-state index is 0.939. The van der Waals surface area contributed by atoms with E-state index in [1.54, 1.807) is 0 Å². The molecule has 0 fully saturated rings. The Morgan fingerprint density at radius 1 is 1.43 bits per heavy atom. The number of hydrogen-bond donors (Lipinski definition) is 0. The quantitative estimate of drug-likeness (QED) is 0.563. The zero-order valence-electron chi connectivity index (χ0n) is 8.13. The van der Waals surface area contributed by atoms with E-state index in [0.717, 1.165) is 5.33 Å². The summed E-state index contributed by atoms with van der Waals surface area (Å²) in [4.78, 5) is 1.41. The number of benzene rings is 1. The lowest BCUT2D eigenvalue weighted by atomic mass is 10.1. The van der Waals surface area contributed by atoms with Crippen molar-refractivity contribution >= 4 is 49.1 Å². The van der Waals surface area contributed by atoms with Crippen molar-refractivity contribution in [3.8, 4) is 0 Å². The minimum Gasteiger partial charge on any atom is -0.142 e. The molecule has 0 unspecified atom stereocenters. The first-order valence-electron chi connectivity index (χ1n) is 4.37. The molecular formula is C11H11BrS2. The summed E-state index contributed by atoms with van der Waals surface area (Å²) >= 11 is 7.23. The van der Waals surface area contributed by atoms with Gasteiger partial charge in [0.15, 0.2) is 0 Å². The van der Waals surface area contributed by atoms with Crippen molar-refractivity contribution in [2.75, 3.05) is 6.26 Å². The monoisotopic (exact) mass is 286 g/mol. The lowest BCUT2D eigenvalue weighted by molar-refractivity contribution is 1.43. The smallest absolute Gasteiger partial charge is 0.0386 e. The minimum atomic E-state index is 0.939. The van der Waals surface area contributed by atoms with Gasteiger partial charge in [0.2, 0.25) is 0 Å². The van der Waals surface area contributed by atoms with Crippen LogP contribution in [0, 0.1) is 6.92 Å². The molecule has 0 aliphatic carbocycles. The van der Waals surface area contributed by atoms with Crippen LogP contribution < -0.4 is 0 Å². The van der Waals surface area contributed by atoms with Gasteiger partial charge in [0, 0.05) is 25.7 Å². The molecular weight excluding hydrogens is 276 g/mol. The van der Waals surface area contributed by atoms with Crippen LogP contribution in [0.1, 0.15) is 11.1 Å². The second kappa shape index (κ2) is 4.25. The molecule has 0 atom stereocenters. The maximum Gasteiger partial charge on any atom is 0.0386 e. The number of rotatable bonds is 2. The van der Waals surface area contributed by atoms with Crippen molar-refractivity contribution in [1.29, 1.82) is 0 Å². The van der Waals surface area contributed by atoms with Gasteiger partial charge in [-0.15, -0.1) is 23.1 Å². The predicted molar refractivity (Wildman–Crippen MR) is 71.0 cm³/mol. The van der Waals surface area contributed by atoms with E-state index in [1.807, 2.05) is 23.1 Å². The van der Waals surface area contributed by atoms with Gasteiger partial charge < -0.3 is 0 Å². The predicted octanol–water partition coefficient (Wildman–Crippen LogP) is 4.83. The second-order valence-corrected chi connectivity index (χ2v) is 5.47. The number of hydrogen-bond acceptors (Lipinski definition) is 2. The molecule has 74 valence electrons. The molecule has 14 heavy (non-hydrogen) atoms. The number of fused-ring (bicyclic) bond motifs is 1. The highest BCUT2D eigenvalue weighted by molar-refractivity contribution is 9.08. The molecule has 0 nitrogen and oxygen atoms in total. The molecule has 0 amide bonds. The molecule has 2 aromatic rings. The highest BCUT2D eigenvalue weighted by Gasteiger charge is 2.09. The zero-order valence-corrected chi connectivity index (χ0v) is 11.4. The summed E-state index contributed by atoms with van der Waals surface area (Å²) in [6, 6.07) is 4.43. The molecule has 0 saturated heterocycles. The Bertz CT molecular complexity index is 460. The van der Waals surface area contributed by atoms with Crippen molar-refractivity contribution < 1.29 is 0 Å². The third kappa shape index (κ3) is 1.62. The van der Waals surface area contributed by atoms with Crippen molar-refractivity contribution in [2.24, 2.45) is 0 Å². The van der Waals surface area contributed by atoms with E-state index >= 15 is 0 Å². The lowest BCUT2D eigenvalue weighted by Crippen LogP contribution is -1.82. The third-order valence-corrected chi connectivity index (χ3v) is 4.97. The zero-order chi connectivity index (χ0) is 10.1. The Labute approximate surface area is 101 Å². The molecule has 1 heterocycles. The first-order chi connectivity index (χ1) is 6.77. The number of alkyl halides is 1. The fraction of sp³-hybridized carbons (Fsp3) is 0.273. The van der Waals surface area contributed by atoms with Crippen LogP contribution in [0.4, 0.5) is 0 Å². The van der Waals surface area contributed by atoms with Crippen LogP contribution in [0.15, 0.2) is 22.4 Å². The van der Waals surface area contributed by atoms with Crippen LogP contribution in [-0.2, 0) is 5.33 Å². The molecule has 2 rings (SSSR count). The maximum absolute atomic E-state index is 3.55. The Kier molecular flexibility index (Phi) is 3.20. The lowest BCUT2D eigenvalue weighted by Gasteiger charge is -2.03. The average molecular weight is 287 g/mol. The molecule has 0 bridgehead atoms. The van der Waals surface area contributed by atoms with E-state index in [2.05, 4.69) is 46.6 Å². The number of aryl methyl sites for hydroxylation is 1. The summed E-state index contributed by atoms with van der Waals surface area (Å²) in [7, 11) is 0. The molecule has 3 heteroatoms. The number of thiophene rings is 1. The first-order valence-corrected chi connectivity index (χ1v) is 7.60. The molecule has 1 aromatic heterocycles. The van der Waals surface area contributed by atoms with Crippen LogP contribution >= 0.6 is 39.0 Å².